The van der Waals surface area contributed by atoms with Gasteiger partial charge in [-0.1, -0.05) is 44.2 Å². The van der Waals surface area contributed by atoms with E-state index in [0.29, 0.717) is 23.9 Å². The molecule has 0 radical (unpaired) electrons. The summed E-state index contributed by atoms with van der Waals surface area (Å²) in [6.07, 6.45) is 2.56. The first-order valence-electron chi connectivity index (χ1n) is 8.78. The number of urea groups is 1. The van der Waals surface area contributed by atoms with Crippen LogP contribution in [0.2, 0.25) is 0 Å². The molecular formula is C19H26N2O2. The zero-order valence-corrected chi connectivity index (χ0v) is 13.9. The first-order chi connectivity index (χ1) is 11.1. The zero-order valence-electron chi connectivity index (χ0n) is 13.9. The molecule has 0 aromatic heterocycles. The Balaban J connectivity index is 1.24. The highest BCUT2D eigenvalue weighted by Gasteiger charge is 2.59. The number of carbonyl (C=O) groups is 1. The molecule has 4 nitrogen and oxygen atoms in total. The highest BCUT2D eigenvalue weighted by atomic mass is 16.5. The van der Waals surface area contributed by atoms with Gasteiger partial charge in [0.2, 0.25) is 0 Å². The molecule has 124 valence electrons. The van der Waals surface area contributed by atoms with E-state index in [1.54, 1.807) is 0 Å². The van der Waals surface area contributed by atoms with Crippen LogP contribution in [0.1, 0.15) is 38.2 Å². The molecule has 3 aliphatic rings. The maximum absolute atomic E-state index is 12.2. The summed E-state index contributed by atoms with van der Waals surface area (Å²) in [7, 11) is 0. The molecule has 1 aliphatic heterocycles. The van der Waals surface area contributed by atoms with Crippen molar-refractivity contribution in [2.75, 3.05) is 13.2 Å². The van der Waals surface area contributed by atoms with E-state index in [2.05, 4.69) is 48.7 Å². The minimum Gasteiger partial charge on any atom is -0.377 e. The Labute approximate surface area is 138 Å². The summed E-state index contributed by atoms with van der Waals surface area (Å²) in [5, 5.41) is 6.26. The van der Waals surface area contributed by atoms with Gasteiger partial charge in [-0.3, -0.25) is 0 Å². The molecule has 2 saturated carbocycles. The summed E-state index contributed by atoms with van der Waals surface area (Å²) < 4.78 is 5.78. The normalized spacial score (nSPS) is 36.7. The first kappa shape index (κ1) is 15.0. The van der Waals surface area contributed by atoms with Crippen LogP contribution in [0.15, 0.2) is 30.3 Å². The monoisotopic (exact) mass is 314 g/mol. The molecular weight excluding hydrogens is 288 g/mol. The van der Waals surface area contributed by atoms with Crippen LogP contribution in [0, 0.1) is 17.3 Å². The minimum absolute atomic E-state index is 0.0212. The fraction of sp³-hybridized carbons (Fsp3) is 0.632. The fourth-order valence-corrected chi connectivity index (χ4v) is 4.61. The Kier molecular flexibility index (Phi) is 3.60. The van der Waals surface area contributed by atoms with Crippen LogP contribution >= 0.6 is 0 Å². The fourth-order valence-electron chi connectivity index (χ4n) is 4.61. The van der Waals surface area contributed by atoms with E-state index in [1.165, 1.54) is 12.0 Å². The highest BCUT2D eigenvalue weighted by molar-refractivity contribution is 5.74. The van der Waals surface area contributed by atoms with Gasteiger partial charge in [0.05, 0.1) is 6.10 Å². The van der Waals surface area contributed by atoms with E-state index in [-0.39, 0.29) is 17.5 Å². The van der Waals surface area contributed by atoms with Gasteiger partial charge in [-0.2, -0.15) is 0 Å². The third-order valence-corrected chi connectivity index (χ3v) is 6.06. The Morgan fingerprint density at radius 3 is 2.87 bits per heavy atom. The minimum atomic E-state index is -0.0212. The number of hydrogen-bond acceptors (Lipinski definition) is 2. The van der Waals surface area contributed by atoms with E-state index in [1.807, 2.05) is 6.07 Å². The second kappa shape index (κ2) is 5.52. The van der Waals surface area contributed by atoms with Crippen LogP contribution in [0.3, 0.4) is 0 Å². The van der Waals surface area contributed by atoms with Crippen molar-refractivity contribution in [3.05, 3.63) is 35.9 Å². The van der Waals surface area contributed by atoms with Crippen LogP contribution in [0.5, 0.6) is 0 Å². The number of hydrogen-bond donors (Lipinski definition) is 2. The lowest BCUT2D eigenvalue weighted by Gasteiger charge is -2.54. The maximum Gasteiger partial charge on any atom is 0.315 e. The van der Waals surface area contributed by atoms with E-state index in [4.69, 9.17) is 4.74 Å². The summed E-state index contributed by atoms with van der Waals surface area (Å²) in [4.78, 5) is 12.2. The highest BCUT2D eigenvalue weighted by Crippen LogP contribution is 2.52. The SMILES string of the molecule is CC1(C)[C@H](NC(=O)NC[C@@H]2C[C@@H]2c2ccccc2)[C@H]2CCO[C@@H]21. The number of ether oxygens (including phenoxy) is 1. The topological polar surface area (TPSA) is 50.4 Å². The zero-order chi connectivity index (χ0) is 16.0. The second-order valence-electron chi connectivity index (χ2n) is 7.91. The summed E-state index contributed by atoms with van der Waals surface area (Å²) in [5.41, 5.74) is 1.44. The van der Waals surface area contributed by atoms with Crippen molar-refractivity contribution >= 4 is 6.03 Å². The van der Waals surface area contributed by atoms with Crippen LogP contribution in [-0.4, -0.2) is 31.3 Å². The van der Waals surface area contributed by atoms with Gasteiger partial charge in [0, 0.05) is 30.5 Å². The predicted molar refractivity (Wildman–Crippen MR) is 89.2 cm³/mol. The van der Waals surface area contributed by atoms with Crippen molar-refractivity contribution in [3.63, 3.8) is 0 Å². The lowest BCUT2D eigenvalue weighted by atomic mass is 9.57. The van der Waals surface area contributed by atoms with Crippen LogP contribution in [0.4, 0.5) is 4.79 Å². The Morgan fingerprint density at radius 1 is 1.30 bits per heavy atom. The molecule has 0 unspecified atom stereocenters. The first-order valence-corrected chi connectivity index (χ1v) is 8.78. The maximum atomic E-state index is 12.2. The molecule has 2 amide bonds. The molecule has 4 rings (SSSR count). The molecule has 1 aromatic carbocycles. The summed E-state index contributed by atoms with van der Waals surface area (Å²) in [6.45, 7) is 5.98. The third kappa shape index (κ3) is 2.63. The Morgan fingerprint density at radius 2 is 2.09 bits per heavy atom. The summed E-state index contributed by atoms with van der Waals surface area (Å²) in [6, 6.07) is 10.8. The molecule has 1 heterocycles. The van der Waals surface area contributed by atoms with Gasteiger partial charge < -0.3 is 15.4 Å². The Hall–Kier alpha value is -1.55. The van der Waals surface area contributed by atoms with Crippen molar-refractivity contribution in [1.82, 2.24) is 10.6 Å². The number of fused-ring (bicyclic) bond motifs is 1. The number of benzene rings is 1. The number of rotatable bonds is 4. The molecule has 4 heteroatoms. The average Bonchev–Trinajstić information content (AvgIpc) is 3.19. The number of amides is 2. The smallest absolute Gasteiger partial charge is 0.315 e. The second-order valence-corrected chi connectivity index (χ2v) is 7.91. The van der Waals surface area contributed by atoms with Gasteiger partial charge in [0.15, 0.2) is 0 Å². The van der Waals surface area contributed by atoms with Crippen LogP contribution < -0.4 is 10.6 Å². The van der Waals surface area contributed by atoms with Gasteiger partial charge in [0.25, 0.3) is 0 Å². The molecule has 1 saturated heterocycles. The molecule has 0 bridgehead atoms. The third-order valence-electron chi connectivity index (χ3n) is 6.06. The van der Waals surface area contributed by atoms with E-state index in [9.17, 15) is 4.79 Å². The van der Waals surface area contributed by atoms with E-state index >= 15 is 0 Å². The number of carbonyl (C=O) groups excluding carboxylic acids is 1. The average molecular weight is 314 g/mol. The number of nitrogens with one attached hydrogen (secondary N) is 2. The molecule has 5 atom stereocenters. The quantitative estimate of drug-likeness (QED) is 0.898. The molecule has 2 N–H and O–H groups in total. The van der Waals surface area contributed by atoms with Crippen molar-refractivity contribution in [2.24, 2.45) is 17.3 Å². The van der Waals surface area contributed by atoms with Gasteiger partial charge in [-0.15, -0.1) is 0 Å². The predicted octanol–water partition coefficient (Wildman–Crippen LogP) is 2.90. The standard InChI is InChI=1S/C19H26N2O2/c1-19(2)16(14-8-9-23-17(14)19)21-18(22)20-11-13-10-15(13)12-6-4-3-5-7-12/h3-7,13-17H,8-11H2,1-2H3,(H2,20,21,22)/t13-,14+,15+,16+,17-/m0/s1. The summed E-state index contributed by atoms with van der Waals surface area (Å²) in [5.74, 6) is 1.69. The Bertz CT molecular complexity index is 586. The molecule has 23 heavy (non-hydrogen) atoms. The van der Waals surface area contributed by atoms with Crippen molar-refractivity contribution < 1.29 is 9.53 Å². The van der Waals surface area contributed by atoms with Gasteiger partial charge in [-0.05, 0) is 30.2 Å². The van der Waals surface area contributed by atoms with Crippen LogP contribution in [-0.2, 0) is 4.74 Å². The molecule has 2 aliphatic carbocycles. The lowest BCUT2D eigenvalue weighted by molar-refractivity contribution is -0.108. The van der Waals surface area contributed by atoms with Crippen molar-refractivity contribution in [3.8, 4) is 0 Å². The lowest BCUT2D eigenvalue weighted by Crippen LogP contribution is -2.67. The largest absolute Gasteiger partial charge is 0.377 e. The van der Waals surface area contributed by atoms with E-state index in [0.717, 1.165) is 19.6 Å². The van der Waals surface area contributed by atoms with Crippen molar-refractivity contribution in [2.45, 2.75) is 44.8 Å². The van der Waals surface area contributed by atoms with Gasteiger partial charge in [-0.25, -0.2) is 4.79 Å². The van der Waals surface area contributed by atoms with Gasteiger partial charge in [0.1, 0.15) is 0 Å². The molecule has 0 spiro atoms. The molecule has 3 fully saturated rings. The van der Waals surface area contributed by atoms with Crippen LogP contribution in [0.25, 0.3) is 0 Å². The van der Waals surface area contributed by atoms with Gasteiger partial charge >= 0.3 is 6.03 Å². The van der Waals surface area contributed by atoms with Crippen molar-refractivity contribution in [1.29, 1.82) is 0 Å². The van der Waals surface area contributed by atoms with E-state index < -0.39 is 0 Å². The molecule has 1 aromatic rings. The summed E-state index contributed by atoms with van der Waals surface area (Å²) >= 11 is 0.